The van der Waals surface area contributed by atoms with E-state index in [1.54, 1.807) is 24.5 Å². The number of anilines is 1. The minimum absolute atomic E-state index is 0.0241. The summed E-state index contributed by atoms with van der Waals surface area (Å²) in [5, 5.41) is 12.5. The molecule has 2 fully saturated rings. The number of aromatic nitrogens is 2. The zero-order valence-electron chi connectivity index (χ0n) is 31.4. The molecule has 13 heteroatoms. The summed E-state index contributed by atoms with van der Waals surface area (Å²) in [4.78, 5) is 27.1. The number of aliphatic hydroxyl groups excluding tert-OH is 1. The number of sulfonamides is 1. The van der Waals surface area contributed by atoms with Crippen LogP contribution >= 0.6 is 0 Å². The van der Waals surface area contributed by atoms with Gasteiger partial charge in [0, 0.05) is 63.6 Å². The highest BCUT2D eigenvalue weighted by Crippen LogP contribution is 2.38. The Kier molecular flexibility index (Phi) is 12.8. The van der Waals surface area contributed by atoms with Gasteiger partial charge in [-0.2, -0.15) is 4.72 Å². The molecule has 0 aliphatic carbocycles. The molecule has 0 radical (unpaired) electrons. The van der Waals surface area contributed by atoms with E-state index in [-0.39, 0.29) is 36.7 Å². The molecule has 0 bridgehead atoms. The highest BCUT2D eigenvalue weighted by molar-refractivity contribution is 7.89. The van der Waals surface area contributed by atoms with E-state index < -0.39 is 28.3 Å². The molecular formula is C43H48N6O6S. The molecule has 2 aliphatic heterocycles. The predicted molar refractivity (Wildman–Crippen MR) is 213 cm³/mol. The van der Waals surface area contributed by atoms with E-state index in [0.717, 1.165) is 72.1 Å². The number of hydrogen-bond donors (Lipinski definition) is 3. The zero-order valence-corrected chi connectivity index (χ0v) is 32.2. The molecular weight excluding hydrogens is 729 g/mol. The third-order valence-electron chi connectivity index (χ3n) is 10.2. The van der Waals surface area contributed by atoms with Crippen molar-refractivity contribution in [3.8, 4) is 0 Å². The summed E-state index contributed by atoms with van der Waals surface area (Å²) in [7, 11) is -3.96. The van der Waals surface area contributed by atoms with Crippen molar-refractivity contribution in [1.29, 1.82) is 0 Å². The second-order valence-electron chi connectivity index (χ2n) is 14.3. The van der Waals surface area contributed by atoms with Crippen LogP contribution in [0, 0.1) is 6.92 Å². The molecule has 2 aliphatic rings. The van der Waals surface area contributed by atoms with Crippen LogP contribution in [-0.2, 0) is 43.9 Å². The van der Waals surface area contributed by atoms with Gasteiger partial charge in [-0.1, -0.05) is 96.6 Å². The van der Waals surface area contributed by atoms with E-state index >= 15 is 0 Å². The number of aliphatic hydroxyl groups is 1. The summed E-state index contributed by atoms with van der Waals surface area (Å²) in [5.41, 5.74) is 5.32. The van der Waals surface area contributed by atoms with Crippen molar-refractivity contribution in [3.05, 3.63) is 155 Å². The van der Waals surface area contributed by atoms with Crippen LogP contribution in [0.4, 0.5) is 5.95 Å². The first-order chi connectivity index (χ1) is 27.2. The van der Waals surface area contributed by atoms with Gasteiger partial charge in [0.15, 0.2) is 6.29 Å². The van der Waals surface area contributed by atoms with E-state index in [1.165, 1.54) is 12.1 Å². The maximum atomic E-state index is 13.6. The highest BCUT2D eigenvalue weighted by atomic mass is 32.2. The molecule has 4 aromatic carbocycles. The van der Waals surface area contributed by atoms with Crippen molar-refractivity contribution in [2.24, 2.45) is 0 Å². The molecule has 292 valence electrons. The van der Waals surface area contributed by atoms with Gasteiger partial charge in [0.2, 0.25) is 21.9 Å². The lowest BCUT2D eigenvalue weighted by atomic mass is 9.99. The molecule has 3 heterocycles. The third-order valence-corrected chi connectivity index (χ3v) is 11.7. The first-order valence-electron chi connectivity index (χ1n) is 19.0. The molecule has 0 saturated carbocycles. The highest BCUT2D eigenvalue weighted by Gasteiger charge is 2.34. The fourth-order valence-electron chi connectivity index (χ4n) is 7.02. The number of piperazine rings is 1. The van der Waals surface area contributed by atoms with E-state index in [1.807, 2.05) is 91.9 Å². The van der Waals surface area contributed by atoms with Crippen LogP contribution in [0.3, 0.4) is 0 Å². The Morgan fingerprint density at radius 1 is 0.804 bits per heavy atom. The van der Waals surface area contributed by atoms with Crippen molar-refractivity contribution < 1.29 is 27.8 Å². The fraction of sp³-hybridized carbons (Fsp3) is 0.326. The summed E-state index contributed by atoms with van der Waals surface area (Å²) in [6.07, 6.45) is 3.47. The van der Waals surface area contributed by atoms with Crippen molar-refractivity contribution in [2.45, 2.75) is 62.4 Å². The molecule has 4 atom stereocenters. The fourth-order valence-corrected chi connectivity index (χ4v) is 8.22. The summed E-state index contributed by atoms with van der Waals surface area (Å²) in [6.45, 7) is 6.18. The molecule has 12 nitrogen and oxygen atoms in total. The summed E-state index contributed by atoms with van der Waals surface area (Å²) >= 11 is 0. The van der Waals surface area contributed by atoms with Gasteiger partial charge in [-0.3, -0.25) is 9.69 Å². The molecule has 5 aromatic rings. The van der Waals surface area contributed by atoms with E-state index in [9.17, 15) is 18.3 Å². The zero-order chi connectivity index (χ0) is 38.9. The van der Waals surface area contributed by atoms with Crippen LogP contribution in [0.5, 0.6) is 0 Å². The van der Waals surface area contributed by atoms with Gasteiger partial charge in [0.1, 0.15) is 6.04 Å². The Hall–Kier alpha value is -5.02. The molecule has 3 N–H and O–H groups in total. The van der Waals surface area contributed by atoms with Crippen molar-refractivity contribution in [3.63, 3.8) is 0 Å². The van der Waals surface area contributed by atoms with Gasteiger partial charge >= 0.3 is 0 Å². The number of carbonyl (C=O) groups excluding carboxylic acids is 1. The Labute approximate surface area is 328 Å². The number of rotatable bonds is 14. The molecule has 2 saturated heterocycles. The quantitative estimate of drug-likeness (QED) is 0.143. The Morgan fingerprint density at radius 2 is 1.46 bits per heavy atom. The van der Waals surface area contributed by atoms with Gasteiger partial charge in [-0.25, -0.2) is 18.4 Å². The molecule has 1 amide bonds. The van der Waals surface area contributed by atoms with Crippen molar-refractivity contribution >= 4 is 21.9 Å². The van der Waals surface area contributed by atoms with Crippen molar-refractivity contribution in [2.75, 3.05) is 37.6 Å². The Morgan fingerprint density at radius 3 is 2.14 bits per heavy atom. The third kappa shape index (κ3) is 10.2. The number of nitrogens with one attached hydrogen (secondary N) is 2. The monoisotopic (exact) mass is 776 g/mol. The number of nitrogens with zero attached hydrogens (tertiary/aromatic N) is 4. The molecule has 1 aromatic heterocycles. The second-order valence-corrected chi connectivity index (χ2v) is 16.0. The van der Waals surface area contributed by atoms with Crippen LogP contribution in [0.2, 0.25) is 0 Å². The van der Waals surface area contributed by atoms with Crippen LogP contribution in [0.1, 0.15) is 52.2 Å². The van der Waals surface area contributed by atoms with Crippen LogP contribution < -0.4 is 14.9 Å². The smallest absolute Gasteiger partial charge is 0.241 e. The Bertz CT molecular complexity index is 2120. The van der Waals surface area contributed by atoms with E-state index in [2.05, 4.69) is 29.8 Å². The number of ether oxygens (including phenoxy) is 2. The SMILES string of the molecule is Cc1ccc(S(=O)(=O)NC(Cc2ccccc2)C(=O)NCc2ccc(C3OC(CN4CCN(c5ncccn5)CC4)CC(c4ccc(CO)cc4)O3)cc2)cc1. The normalized spacial score (nSPS) is 19.7. The lowest BCUT2D eigenvalue weighted by molar-refractivity contribution is -0.253. The van der Waals surface area contributed by atoms with Gasteiger partial charge in [-0.05, 0) is 53.8 Å². The topological polar surface area (TPSA) is 146 Å². The van der Waals surface area contributed by atoms with Crippen LogP contribution in [0.15, 0.2) is 126 Å². The van der Waals surface area contributed by atoms with Crippen LogP contribution in [-0.4, -0.2) is 79.2 Å². The standard InChI is InChI=1S/C43H48N6O6S/c1-31-8-18-38(19-9-31)56(52,53)47-39(26-32-6-3-2-4-7-32)41(51)46-28-33-10-16-36(17-11-33)42-54-37(27-40(55-42)35-14-12-34(30-50)13-15-35)29-48-22-24-49(25-23-48)43-44-20-5-21-45-43/h2-21,37,39-40,42,47,50H,22-30H2,1H3,(H,46,51). The minimum Gasteiger partial charge on any atom is -0.392 e. The minimum atomic E-state index is -3.96. The summed E-state index contributed by atoms with van der Waals surface area (Å²) in [5.74, 6) is 0.321. The van der Waals surface area contributed by atoms with Gasteiger partial charge in [0.05, 0.1) is 23.7 Å². The molecule has 0 spiro atoms. The first-order valence-corrected chi connectivity index (χ1v) is 20.4. The summed E-state index contributed by atoms with van der Waals surface area (Å²) in [6, 6.07) is 32.3. The number of benzene rings is 4. The second kappa shape index (κ2) is 18.3. The lowest BCUT2D eigenvalue weighted by Crippen LogP contribution is -2.50. The predicted octanol–water partition coefficient (Wildman–Crippen LogP) is 4.85. The Balaban J connectivity index is 1.01. The van der Waals surface area contributed by atoms with E-state index in [4.69, 9.17) is 9.47 Å². The number of carbonyl (C=O) groups is 1. The maximum Gasteiger partial charge on any atom is 0.241 e. The number of aryl methyl sites for hydroxylation is 1. The maximum absolute atomic E-state index is 13.6. The molecule has 7 rings (SSSR count). The average Bonchev–Trinajstić information content (AvgIpc) is 3.24. The largest absolute Gasteiger partial charge is 0.392 e. The first kappa shape index (κ1) is 39.2. The molecule has 56 heavy (non-hydrogen) atoms. The van der Waals surface area contributed by atoms with Crippen molar-refractivity contribution in [1.82, 2.24) is 24.9 Å². The van der Waals surface area contributed by atoms with Gasteiger partial charge in [0.25, 0.3) is 0 Å². The van der Waals surface area contributed by atoms with Gasteiger partial charge in [-0.15, -0.1) is 0 Å². The average molecular weight is 777 g/mol. The number of hydrogen-bond acceptors (Lipinski definition) is 10. The number of amides is 1. The van der Waals surface area contributed by atoms with E-state index in [0.29, 0.717) is 6.42 Å². The lowest BCUT2D eigenvalue weighted by Gasteiger charge is -2.40. The van der Waals surface area contributed by atoms with Gasteiger partial charge < -0.3 is 24.8 Å². The van der Waals surface area contributed by atoms with Crippen LogP contribution in [0.25, 0.3) is 0 Å². The summed E-state index contributed by atoms with van der Waals surface area (Å²) < 4.78 is 42.5. The molecule has 4 unspecified atom stereocenters.